The summed E-state index contributed by atoms with van der Waals surface area (Å²) in [5.74, 6) is -0.238. The summed E-state index contributed by atoms with van der Waals surface area (Å²) in [6, 6.07) is 0.481. The van der Waals surface area contributed by atoms with Gasteiger partial charge in [0.05, 0.1) is 11.6 Å². The maximum Gasteiger partial charge on any atom is 0.307 e. The Balaban J connectivity index is 2.12. The topological polar surface area (TPSA) is 66.6 Å². The Morgan fingerprint density at radius 2 is 2.05 bits per heavy atom. The summed E-state index contributed by atoms with van der Waals surface area (Å²) in [7, 11) is 0. The van der Waals surface area contributed by atoms with E-state index < -0.39 is 5.97 Å². The van der Waals surface area contributed by atoms with E-state index in [0.717, 1.165) is 36.4 Å². The Bertz CT molecular complexity index is 458. The third-order valence-corrected chi connectivity index (χ3v) is 4.56. The van der Waals surface area contributed by atoms with E-state index in [-0.39, 0.29) is 5.92 Å². The van der Waals surface area contributed by atoms with E-state index in [1.165, 1.54) is 19.3 Å². The fraction of sp³-hybridized carbons (Fsp3) is 0.750. The van der Waals surface area contributed by atoms with Crippen molar-refractivity contribution in [2.75, 3.05) is 6.54 Å². The number of hydrogen-bond acceptors (Lipinski definition) is 4. The molecule has 0 aliphatic heterocycles. The SMILES string of the molecule is Cc1noc(C)c1CN(CC(C)C(=O)O)C1CCCCC1. The second-order valence-corrected chi connectivity index (χ2v) is 6.26. The van der Waals surface area contributed by atoms with Crippen molar-refractivity contribution in [1.82, 2.24) is 10.1 Å². The molecule has 2 rings (SSSR count). The zero-order valence-electron chi connectivity index (χ0n) is 13.3. The number of aryl methyl sites for hydroxylation is 2. The van der Waals surface area contributed by atoms with E-state index in [4.69, 9.17) is 4.52 Å². The van der Waals surface area contributed by atoms with Gasteiger partial charge >= 0.3 is 5.97 Å². The van der Waals surface area contributed by atoms with Crippen LogP contribution in [0.15, 0.2) is 4.52 Å². The summed E-state index contributed by atoms with van der Waals surface area (Å²) in [6.45, 7) is 6.99. The molecule has 1 atom stereocenters. The predicted octanol–water partition coefficient (Wildman–Crippen LogP) is 3.15. The second-order valence-electron chi connectivity index (χ2n) is 6.26. The first kappa shape index (κ1) is 16.0. The molecule has 0 radical (unpaired) electrons. The van der Waals surface area contributed by atoms with Gasteiger partial charge in [0.2, 0.25) is 0 Å². The van der Waals surface area contributed by atoms with Crippen LogP contribution < -0.4 is 0 Å². The third-order valence-electron chi connectivity index (χ3n) is 4.56. The first-order chi connectivity index (χ1) is 9.99. The van der Waals surface area contributed by atoms with Gasteiger partial charge in [-0.1, -0.05) is 31.3 Å². The number of carboxylic acid groups (broad SMARTS) is 1. The molecule has 5 heteroatoms. The summed E-state index contributed by atoms with van der Waals surface area (Å²) in [4.78, 5) is 13.5. The molecule has 0 bridgehead atoms. The molecule has 1 aliphatic rings. The van der Waals surface area contributed by atoms with Gasteiger partial charge in [-0.05, 0) is 26.7 Å². The molecular weight excluding hydrogens is 268 g/mol. The summed E-state index contributed by atoms with van der Waals surface area (Å²) in [6.07, 6.45) is 6.10. The summed E-state index contributed by atoms with van der Waals surface area (Å²) >= 11 is 0. The fourth-order valence-corrected chi connectivity index (χ4v) is 3.15. The van der Waals surface area contributed by atoms with Gasteiger partial charge in [-0.3, -0.25) is 9.69 Å². The quantitative estimate of drug-likeness (QED) is 0.873. The highest BCUT2D eigenvalue weighted by Gasteiger charge is 2.26. The number of hydrogen-bond donors (Lipinski definition) is 1. The van der Waals surface area contributed by atoms with Crippen LogP contribution in [0.5, 0.6) is 0 Å². The molecule has 0 spiro atoms. The summed E-state index contributed by atoms with van der Waals surface area (Å²) < 4.78 is 5.24. The number of carboxylic acids is 1. The van der Waals surface area contributed by atoms with E-state index in [0.29, 0.717) is 12.6 Å². The van der Waals surface area contributed by atoms with Crippen LogP contribution in [0.2, 0.25) is 0 Å². The minimum Gasteiger partial charge on any atom is -0.481 e. The van der Waals surface area contributed by atoms with Gasteiger partial charge in [-0.25, -0.2) is 0 Å². The molecule has 5 nitrogen and oxygen atoms in total. The van der Waals surface area contributed by atoms with Crippen molar-refractivity contribution in [3.63, 3.8) is 0 Å². The Morgan fingerprint density at radius 3 is 2.57 bits per heavy atom. The third kappa shape index (κ3) is 4.06. The van der Waals surface area contributed by atoms with Crippen LogP contribution in [0, 0.1) is 19.8 Å². The van der Waals surface area contributed by atoms with Crippen molar-refractivity contribution in [3.8, 4) is 0 Å². The molecular formula is C16H26N2O3. The van der Waals surface area contributed by atoms with E-state index >= 15 is 0 Å². The molecule has 1 aromatic rings. The zero-order chi connectivity index (χ0) is 15.4. The van der Waals surface area contributed by atoms with Crippen LogP contribution in [0.25, 0.3) is 0 Å². The molecule has 1 aliphatic carbocycles. The van der Waals surface area contributed by atoms with Crippen LogP contribution in [0.4, 0.5) is 0 Å². The smallest absolute Gasteiger partial charge is 0.307 e. The Labute approximate surface area is 126 Å². The van der Waals surface area contributed by atoms with Crippen LogP contribution >= 0.6 is 0 Å². The van der Waals surface area contributed by atoms with E-state index in [2.05, 4.69) is 10.1 Å². The zero-order valence-corrected chi connectivity index (χ0v) is 13.3. The largest absolute Gasteiger partial charge is 0.481 e. The van der Waals surface area contributed by atoms with Gasteiger partial charge in [-0.2, -0.15) is 0 Å². The average molecular weight is 294 g/mol. The highest BCUT2D eigenvalue weighted by atomic mass is 16.5. The molecule has 21 heavy (non-hydrogen) atoms. The number of nitrogens with zero attached hydrogens (tertiary/aromatic N) is 2. The molecule has 1 N–H and O–H groups in total. The fourth-order valence-electron chi connectivity index (χ4n) is 3.15. The van der Waals surface area contributed by atoms with Gasteiger partial charge in [0.1, 0.15) is 5.76 Å². The van der Waals surface area contributed by atoms with E-state index in [1.807, 2.05) is 13.8 Å². The number of rotatable bonds is 6. The number of aromatic nitrogens is 1. The number of carbonyl (C=O) groups is 1. The van der Waals surface area contributed by atoms with Crippen molar-refractivity contribution >= 4 is 5.97 Å². The molecule has 1 saturated carbocycles. The molecule has 1 aromatic heterocycles. The highest BCUT2D eigenvalue weighted by Crippen LogP contribution is 2.26. The monoisotopic (exact) mass is 294 g/mol. The van der Waals surface area contributed by atoms with Gasteiger partial charge < -0.3 is 9.63 Å². The van der Waals surface area contributed by atoms with E-state index in [1.54, 1.807) is 6.92 Å². The lowest BCUT2D eigenvalue weighted by Crippen LogP contribution is -2.40. The van der Waals surface area contributed by atoms with Gasteiger partial charge in [0.25, 0.3) is 0 Å². The normalized spacial score (nSPS) is 18.1. The van der Waals surface area contributed by atoms with Crippen LogP contribution in [-0.2, 0) is 11.3 Å². The summed E-state index contributed by atoms with van der Waals surface area (Å²) in [5, 5.41) is 13.2. The highest BCUT2D eigenvalue weighted by molar-refractivity contribution is 5.69. The van der Waals surface area contributed by atoms with Crippen LogP contribution in [0.1, 0.15) is 56.0 Å². The Morgan fingerprint density at radius 1 is 1.38 bits per heavy atom. The summed E-state index contributed by atoms with van der Waals surface area (Å²) in [5.41, 5.74) is 2.02. The van der Waals surface area contributed by atoms with Gasteiger partial charge in [0.15, 0.2) is 0 Å². The van der Waals surface area contributed by atoms with Gasteiger partial charge in [0, 0.05) is 24.7 Å². The molecule has 1 unspecified atom stereocenters. The van der Waals surface area contributed by atoms with Crippen LogP contribution in [-0.4, -0.2) is 33.7 Å². The molecule has 0 aromatic carbocycles. The minimum absolute atomic E-state index is 0.354. The second kappa shape index (κ2) is 7.07. The van der Waals surface area contributed by atoms with E-state index in [9.17, 15) is 9.90 Å². The predicted molar refractivity (Wildman–Crippen MR) is 80.1 cm³/mol. The maximum absolute atomic E-state index is 11.2. The molecule has 0 saturated heterocycles. The Hall–Kier alpha value is -1.36. The molecule has 1 heterocycles. The van der Waals surface area contributed by atoms with Crippen molar-refractivity contribution in [1.29, 1.82) is 0 Å². The van der Waals surface area contributed by atoms with Crippen molar-refractivity contribution in [3.05, 3.63) is 17.0 Å². The van der Waals surface area contributed by atoms with Crippen molar-refractivity contribution < 1.29 is 14.4 Å². The van der Waals surface area contributed by atoms with Crippen molar-refractivity contribution in [2.24, 2.45) is 5.92 Å². The standard InChI is InChI=1S/C16H26N2O3/c1-11(16(19)20)9-18(14-7-5-4-6-8-14)10-15-12(2)17-21-13(15)3/h11,14H,4-10H2,1-3H3,(H,19,20). The first-order valence-corrected chi connectivity index (χ1v) is 7.87. The van der Waals surface area contributed by atoms with Gasteiger partial charge in [-0.15, -0.1) is 0 Å². The number of aliphatic carboxylic acids is 1. The lowest BCUT2D eigenvalue weighted by Gasteiger charge is -2.35. The molecule has 118 valence electrons. The Kier molecular flexibility index (Phi) is 5.39. The minimum atomic E-state index is -0.727. The lowest BCUT2D eigenvalue weighted by atomic mass is 9.93. The van der Waals surface area contributed by atoms with Crippen LogP contribution in [0.3, 0.4) is 0 Å². The molecule has 0 amide bonds. The lowest BCUT2D eigenvalue weighted by molar-refractivity contribution is -0.142. The maximum atomic E-state index is 11.2. The van der Waals surface area contributed by atoms with Crippen molar-refractivity contribution in [2.45, 2.75) is 65.5 Å². The first-order valence-electron chi connectivity index (χ1n) is 7.87. The molecule has 1 fully saturated rings. The average Bonchev–Trinajstić information content (AvgIpc) is 2.79.